The number of nitrogens with zero attached hydrogens (tertiary/aromatic N) is 3. The van der Waals surface area contributed by atoms with Crippen molar-refractivity contribution in [2.75, 3.05) is 6.54 Å². The van der Waals surface area contributed by atoms with Crippen LogP contribution in [-0.4, -0.2) is 26.9 Å². The Hall–Kier alpha value is -1.32. The van der Waals surface area contributed by atoms with Crippen LogP contribution in [0, 0.1) is 11.8 Å². The highest BCUT2D eigenvalue weighted by Gasteiger charge is 2.30. The zero-order valence-electron chi connectivity index (χ0n) is 11.6. The first kappa shape index (κ1) is 13.1. The van der Waals surface area contributed by atoms with E-state index in [0.29, 0.717) is 24.3 Å². The smallest absolute Gasteiger partial charge is 0.223 e. The van der Waals surface area contributed by atoms with Gasteiger partial charge in [-0.3, -0.25) is 4.79 Å². The number of imidazole rings is 1. The van der Waals surface area contributed by atoms with E-state index in [9.17, 15) is 4.79 Å². The molecule has 1 fully saturated rings. The highest BCUT2D eigenvalue weighted by molar-refractivity contribution is 5.78. The van der Waals surface area contributed by atoms with Gasteiger partial charge in [0, 0.05) is 25.7 Å². The van der Waals surface area contributed by atoms with Crippen molar-refractivity contribution in [3.8, 4) is 0 Å². The molecule has 2 rings (SSSR count). The number of hydrogen-bond donors (Lipinski definition) is 0. The first-order chi connectivity index (χ1) is 8.60. The summed E-state index contributed by atoms with van der Waals surface area (Å²) < 4.78 is 2.10. The van der Waals surface area contributed by atoms with E-state index in [1.807, 2.05) is 17.4 Å². The van der Waals surface area contributed by atoms with Crippen LogP contribution in [0.15, 0.2) is 12.5 Å². The normalized spacial score (nSPS) is 20.1. The molecule has 0 saturated carbocycles. The zero-order valence-corrected chi connectivity index (χ0v) is 11.6. The quantitative estimate of drug-likeness (QED) is 0.803. The summed E-state index contributed by atoms with van der Waals surface area (Å²) in [5, 5.41) is 0. The summed E-state index contributed by atoms with van der Waals surface area (Å²) in [5.74, 6) is 1.50. The summed E-state index contributed by atoms with van der Waals surface area (Å²) >= 11 is 0. The van der Waals surface area contributed by atoms with Crippen LogP contribution in [-0.2, 0) is 17.9 Å². The minimum absolute atomic E-state index is 0.296. The number of aromatic nitrogens is 2. The third-order valence-corrected chi connectivity index (χ3v) is 3.59. The van der Waals surface area contributed by atoms with Crippen molar-refractivity contribution in [2.45, 2.75) is 46.7 Å². The molecule has 100 valence electrons. The summed E-state index contributed by atoms with van der Waals surface area (Å²) in [6, 6.07) is 0. The molecule has 4 heteroatoms. The molecule has 1 atom stereocenters. The molecule has 0 bridgehead atoms. The number of aryl methyl sites for hydroxylation is 1. The number of carbonyl (C=O) groups excluding carboxylic acids is 1. The molecule has 1 saturated heterocycles. The molecule has 1 amide bonds. The number of hydrogen-bond acceptors (Lipinski definition) is 2. The third-order valence-electron chi connectivity index (χ3n) is 3.59. The van der Waals surface area contributed by atoms with Crippen LogP contribution in [0.25, 0.3) is 0 Å². The number of likely N-dealkylation sites (tertiary alicyclic amines) is 1. The molecular weight excluding hydrogens is 226 g/mol. The zero-order chi connectivity index (χ0) is 13.1. The Morgan fingerprint density at radius 3 is 2.94 bits per heavy atom. The second-order valence-corrected chi connectivity index (χ2v) is 5.64. The molecular formula is C14H23N3O. The summed E-state index contributed by atoms with van der Waals surface area (Å²) in [7, 11) is 0. The molecule has 2 heterocycles. The Morgan fingerprint density at radius 1 is 1.50 bits per heavy atom. The lowest BCUT2D eigenvalue weighted by molar-refractivity contribution is -0.128. The molecule has 0 aromatic carbocycles. The van der Waals surface area contributed by atoms with Gasteiger partial charge in [0.15, 0.2) is 0 Å². The Kier molecular flexibility index (Phi) is 4.04. The number of rotatable bonds is 5. The maximum Gasteiger partial charge on any atom is 0.223 e. The van der Waals surface area contributed by atoms with Gasteiger partial charge in [-0.15, -0.1) is 0 Å². The maximum absolute atomic E-state index is 12.0. The van der Waals surface area contributed by atoms with E-state index in [4.69, 9.17) is 0 Å². The topological polar surface area (TPSA) is 38.1 Å². The van der Waals surface area contributed by atoms with Gasteiger partial charge in [-0.25, -0.2) is 4.98 Å². The predicted molar refractivity (Wildman–Crippen MR) is 70.9 cm³/mol. The summed E-state index contributed by atoms with van der Waals surface area (Å²) in [4.78, 5) is 18.1. The van der Waals surface area contributed by atoms with E-state index in [0.717, 1.165) is 31.6 Å². The van der Waals surface area contributed by atoms with Gasteiger partial charge < -0.3 is 9.47 Å². The first-order valence-corrected chi connectivity index (χ1v) is 6.87. The first-order valence-electron chi connectivity index (χ1n) is 6.87. The second kappa shape index (κ2) is 5.55. The summed E-state index contributed by atoms with van der Waals surface area (Å²) in [6.07, 6.45) is 5.57. The van der Waals surface area contributed by atoms with Gasteiger partial charge in [-0.2, -0.15) is 0 Å². The van der Waals surface area contributed by atoms with Crippen LogP contribution in [0.2, 0.25) is 0 Å². The standard InChI is InChI=1S/C14H23N3O/c1-4-16-10-15-7-13(16)9-17-8-12(5-11(2)3)6-14(17)18/h7,10-12H,4-6,8-9H2,1-3H3/t12-/m1/s1. The second-order valence-electron chi connectivity index (χ2n) is 5.64. The van der Waals surface area contributed by atoms with Crippen molar-refractivity contribution in [3.05, 3.63) is 18.2 Å². The van der Waals surface area contributed by atoms with Gasteiger partial charge in [0.05, 0.1) is 18.6 Å². The lowest BCUT2D eigenvalue weighted by atomic mass is 9.96. The molecule has 0 radical (unpaired) electrons. The van der Waals surface area contributed by atoms with Crippen molar-refractivity contribution in [1.29, 1.82) is 0 Å². The lowest BCUT2D eigenvalue weighted by Crippen LogP contribution is -2.26. The minimum atomic E-state index is 0.296. The van der Waals surface area contributed by atoms with Crippen LogP contribution >= 0.6 is 0 Å². The fourth-order valence-corrected chi connectivity index (χ4v) is 2.79. The predicted octanol–water partition coefficient (Wildman–Crippen LogP) is 2.30. The van der Waals surface area contributed by atoms with Crippen molar-refractivity contribution < 1.29 is 4.79 Å². The summed E-state index contributed by atoms with van der Waals surface area (Å²) in [5.41, 5.74) is 1.14. The van der Waals surface area contributed by atoms with Crippen LogP contribution < -0.4 is 0 Å². The van der Waals surface area contributed by atoms with Gasteiger partial charge in [-0.05, 0) is 25.2 Å². The third kappa shape index (κ3) is 2.92. The molecule has 18 heavy (non-hydrogen) atoms. The average molecular weight is 249 g/mol. The Bertz CT molecular complexity index is 411. The molecule has 1 aliphatic rings. The van der Waals surface area contributed by atoms with Crippen molar-refractivity contribution >= 4 is 5.91 Å². The minimum Gasteiger partial charge on any atom is -0.337 e. The maximum atomic E-state index is 12.0. The highest BCUT2D eigenvalue weighted by atomic mass is 16.2. The number of amides is 1. The number of carbonyl (C=O) groups is 1. The van der Waals surface area contributed by atoms with Crippen molar-refractivity contribution in [1.82, 2.24) is 14.5 Å². The van der Waals surface area contributed by atoms with Gasteiger partial charge in [0.1, 0.15) is 0 Å². The fourth-order valence-electron chi connectivity index (χ4n) is 2.79. The molecule has 0 unspecified atom stereocenters. The average Bonchev–Trinajstić information content (AvgIpc) is 2.86. The van der Waals surface area contributed by atoms with Gasteiger partial charge in [-0.1, -0.05) is 13.8 Å². The van der Waals surface area contributed by atoms with Crippen LogP contribution in [0.4, 0.5) is 0 Å². The lowest BCUT2D eigenvalue weighted by Gasteiger charge is -2.18. The highest BCUT2D eigenvalue weighted by Crippen LogP contribution is 2.25. The fraction of sp³-hybridized carbons (Fsp3) is 0.714. The van der Waals surface area contributed by atoms with E-state index >= 15 is 0 Å². The van der Waals surface area contributed by atoms with Crippen molar-refractivity contribution in [3.63, 3.8) is 0 Å². The molecule has 1 aromatic rings. The van der Waals surface area contributed by atoms with Crippen LogP contribution in [0.1, 0.15) is 39.3 Å². The SMILES string of the molecule is CCn1cncc1CN1C[C@H](CC(C)C)CC1=O. The summed E-state index contributed by atoms with van der Waals surface area (Å²) in [6.45, 7) is 9.07. The van der Waals surface area contributed by atoms with E-state index in [1.54, 1.807) is 0 Å². The largest absolute Gasteiger partial charge is 0.337 e. The molecule has 1 aromatic heterocycles. The van der Waals surface area contributed by atoms with E-state index in [-0.39, 0.29) is 0 Å². The van der Waals surface area contributed by atoms with E-state index in [2.05, 4.69) is 30.3 Å². The molecule has 1 aliphatic heterocycles. The van der Waals surface area contributed by atoms with Crippen LogP contribution in [0.5, 0.6) is 0 Å². The Morgan fingerprint density at radius 2 is 2.28 bits per heavy atom. The molecule has 0 aliphatic carbocycles. The molecule has 4 nitrogen and oxygen atoms in total. The van der Waals surface area contributed by atoms with Gasteiger partial charge >= 0.3 is 0 Å². The Balaban J connectivity index is 1.96. The molecule has 0 N–H and O–H groups in total. The van der Waals surface area contributed by atoms with E-state index in [1.165, 1.54) is 0 Å². The van der Waals surface area contributed by atoms with Crippen LogP contribution in [0.3, 0.4) is 0 Å². The van der Waals surface area contributed by atoms with Crippen molar-refractivity contribution in [2.24, 2.45) is 11.8 Å². The Labute approximate surface area is 109 Å². The van der Waals surface area contributed by atoms with Gasteiger partial charge in [0.25, 0.3) is 0 Å². The monoisotopic (exact) mass is 249 g/mol. The van der Waals surface area contributed by atoms with Gasteiger partial charge in [0.2, 0.25) is 5.91 Å². The molecule has 0 spiro atoms. The van der Waals surface area contributed by atoms with E-state index < -0.39 is 0 Å².